The molecule has 0 unspecified atom stereocenters. The van der Waals surface area contributed by atoms with E-state index in [1.165, 1.54) is 12.1 Å². The molecule has 0 atom stereocenters. The van der Waals surface area contributed by atoms with Gasteiger partial charge in [0.25, 0.3) is 5.91 Å². The molecule has 0 saturated heterocycles. The number of hydrogen-bond acceptors (Lipinski definition) is 2. The normalized spacial score (nSPS) is 9.76. The van der Waals surface area contributed by atoms with E-state index in [0.29, 0.717) is 11.3 Å². The minimum absolute atomic E-state index is 0.108. The molecule has 0 heterocycles. The van der Waals surface area contributed by atoms with Gasteiger partial charge in [-0.05, 0) is 36.4 Å². The molecule has 21 heavy (non-hydrogen) atoms. The highest BCUT2D eigenvalue weighted by Crippen LogP contribution is 2.24. The minimum atomic E-state index is -0.470. The molecule has 2 rings (SSSR count). The number of ether oxygens (including phenoxy) is 1. The van der Waals surface area contributed by atoms with Crippen LogP contribution in [0.25, 0.3) is 0 Å². The monoisotopic (exact) mass is 303 g/mol. The van der Waals surface area contributed by atoms with E-state index in [0.717, 1.165) is 6.07 Å². The number of hydrogen-bond donors (Lipinski definition) is 1. The lowest BCUT2D eigenvalue weighted by Crippen LogP contribution is -2.20. The smallest absolute Gasteiger partial charge is 0.262 e. The van der Waals surface area contributed by atoms with Crippen LogP contribution in [-0.2, 0) is 4.79 Å². The van der Waals surface area contributed by atoms with Gasteiger partial charge in [-0.2, -0.15) is 0 Å². The minimum Gasteiger partial charge on any atom is -0.482 e. The average Bonchev–Trinajstić information content (AvgIpc) is 2.46. The summed E-state index contributed by atoms with van der Waals surface area (Å²) in [5, 5.41) is 2.75. The predicted octanol–water partition coefficient (Wildman–Crippen LogP) is 3.48. The number of nitrogens with one attached hydrogen (secondary N) is 1. The second-order valence-electron chi connectivity index (χ2n) is 4.14. The highest BCUT2D eigenvalue weighted by atomic mass is 35.5. The van der Waals surface area contributed by atoms with Crippen LogP contribution in [0, 0.1) is 18.2 Å². The van der Waals surface area contributed by atoms with Crippen molar-refractivity contribution in [3.8, 4) is 18.1 Å². The lowest BCUT2D eigenvalue weighted by molar-refractivity contribution is -0.118. The van der Waals surface area contributed by atoms with E-state index in [9.17, 15) is 9.18 Å². The first-order chi connectivity index (χ1) is 10.1. The Morgan fingerprint density at radius 3 is 2.86 bits per heavy atom. The van der Waals surface area contributed by atoms with E-state index < -0.39 is 5.82 Å². The van der Waals surface area contributed by atoms with Crippen LogP contribution >= 0.6 is 11.6 Å². The maximum absolute atomic E-state index is 12.9. The maximum Gasteiger partial charge on any atom is 0.262 e. The van der Waals surface area contributed by atoms with E-state index in [-0.39, 0.29) is 23.3 Å². The summed E-state index contributed by atoms with van der Waals surface area (Å²) in [6, 6.07) is 10.6. The first kappa shape index (κ1) is 14.9. The van der Waals surface area contributed by atoms with Gasteiger partial charge >= 0.3 is 0 Å². The Balaban J connectivity index is 1.94. The van der Waals surface area contributed by atoms with Gasteiger partial charge in [-0.15, -0.1) is 6.42 Å². The first-order valence-electron chi connectivity index (χ1n) is 6.03. The topological polar surface area (TPSA) is 38.3 Å². The third-order valence-electron chi connectivity index (χ3n) is 2.57. The Labute approximate surface area is 126 Å². The molecule has 0 aliphatic rings. The van der Waals surface area contributed by atoms with Crippen molar-refractivity contribution >= 4 is 23.2 Å². The number of benzene rings is 2. The van der Waals surface area contributed by atoms with Crippen LogP contribution in [0.3, 0.4) is 0 Å². The molecule has 1 N–H and O–H groups in total. The molecule has 0 aliphatic carbocycles. The van der Waals surface area contributed by atoms with Crippen LogP contribution in [0.1, 0.15) is 5.56 Å². The number of anilines is 1. The average molecular weight is 304 g/mol. The molecular weight excluding hydrogens is 293 g/mol. The summed E-state index contributed by atoms with van der Waals surface area (Å²) in [5.41, 5.74) is 1.24. The number of carbonyl (C=O) groups is 1. The SMILES string of the molecule is C#Cc1cccc(NC(=O)COc2ccc(F)cc2Cl)c1. The zero-order valence-corrected chi connectivity index (χ0v) is 11.7. The number of terminal acetylenes is 1. The van der Waals surface area contributed by atoms with Crippen molar-refractivity contribution in [2.75, 3.05) is 11.9 Å². The highest BCUT2D eigenvalue weighted by Gasteiger charge is 2.07. The number of halogens is 2. The van der Waals surface area contributed by atoms with E-state index in [4.69, 9.17) is 22.8 Å². The fourth-order valence-corrected chi connectivity index (χ4v) is 1.84. The lowest BCUT2D eigenvalue weighted by Gasteiger charge is -2.09. The third kappa shape index (κ3) is 4.23. The molecule has 5 heteroatoms. The molecule has 0 spiro atoms. The van der Waals surface area contributed by atoms with Gasteiger partial charge in [0.15, 0.2) is 6.61 Å². The summed E-state index contributed by atoms with van der Waals surface area (Å²) in [6.45, 7) is -0.244. The standard InChI is InChI=1S/C16H11ClFNO2/c1-2-11-4-3-5-13(8-11)19-16(20)10-21-15-7-6-12(18)9-14(15)17/h1,3-9H,10H2,(H,19,20). The van der Waals surface area contributed by atoms with Gasteiger partial charge in [0.1, 0.15) is 11.6 Å². The summed E-state index contributed by atoms with van der Waals surface area (Å²) in [6.07, 6.45) is 5.28. The summed E-state index contributed by atoms with van der Waals surface area (Å²) in [7, 11) is 0. The Kier molecular flexibility index (Phi) is 4.81. The van der Waals surface area contributed by atoms with Crippen LogP contribution in [0.5, 0.6) is 5.75 Å². The van der Waals surface area contributed by atoms with Crippen molar-refractivity contribution in [2.45, 2.75) is 0 Å². The van der Waals surface area contributed by atoms with Gasteiger partial charge in [-0.1, -0.05) is 23.6 Å². The number of amides is 1. The summed E-state index contributed by atoms with van der Waals surface area (Å²) in [4.78, 5) is 11.8. The summed E-state index contributed by atoms with van der Waals surface area (Å²) in [5.74, 6) is 1.88. The van der Waals surface area contributed by atoms with Gasteiger partial charge in [0.2, 0.25) is 0 Å². The van der Waals surface area contributed by atoms with Gasteiger partial charge in [0.05, 0.1) is 5.02 Å². The van der Waals surface area contributed by atoms with Crippen molar-refractivity contribution in [3.63, 3.8) is 0 Å². The third-order valence-corrected chi connectivity index (χ3v) is 2.86. The van der Waals surface area contributed by atoms with Crippen molar-refractivity contribution in [2.24, 2.45) is 0 Å². The van der Waals surface area contributed by atoms with Crippen LogP contribution in [0.4, 0.5) is 10.1 Å². The zero-order valence-electron chi connectivity index (χ0n) is 10.9. The Hall–Kier alpha value is -2.51. The number of carbonyl (C=O) groups excluding carboxylic acids is 1. The molecule has 0 bridgehead atoms. The predicted molar refractivity (Wildman–Crippen MR) is 79.9 cm³/mol. The molecule has 3 nitrogen and oxygen atoms in total. The Bertz CT molecular complexity index is 710. The Morgan fingerprint density at radius 1 is 1.33 bits per heavy atom. The first-order valence-corrected chi connectivity index (χ1v) is 6.40. The van der Waals surface area contributed by atoms with Crippen molar-refractivity contribution < 1.29 is 13.9 Å². The molecule has 1 amide bonds. The lowest BCUT2D eigenvalue weighted by atomic mass is 10.2. The second kappa shape index (κ2) is 6.78. The highest BCUT2D eigenvalue weighted by molar-refractivity contribution is 6.32. The zero-order chi connectivity index (χ0) is 15.2. The van der Waals surface area contributed by atoms with E-state index in [2.05, 4.69) is 11.2 Å². The molecule has 106 valence electrons. The molecule has 0 radical (unpaired) electrons. The van der Waals surface area contributed by atoms with Crippen molar-refractivity contribution in [3.05, 3.63) is 58.9 Å². The fraction of sp³-hybridized carbons (Fsp3) is 0.0625. The van der Waals surface area contributed by atoms with Gasteiger partial charge in [-0.3, -0.25) is 4.79 Å². The fourth-order valence-electron chi connectivity index (χ4n) is 1.62. The quantitative estimate of drug-likeness (QED) is 0.878. The maximum atomic E-state index is 12.9. The van der Waals surface area contributed by atoms with E-state index in [1.807, 2.05) is 0 Å². The van der Waals surface area contributed by atoms with Gasteiger partial charge in [0, 0.05) is 11.3 Å². The van der Waals surface area contributed by atoms with Crippen molar-refractivity contribution in [1.82, 2.24) is 0 Å². The number of rotatable bonds is 4. The summed E-state index contributed by atoms with van der Waals surface area (Å²) < 4.78 is 18.1. The molecule has 0 aromatic heterocycles. The van der Waals surface area contributed by atoms with Crippen LogP contribution in [-0.4, -0.2) is 12.5 Å². The summed E-state index contributed by atoms with van der Waals surface area (Å²) >= 11 is 5.79. The van der Waals surface area contributed by atoms with Crippen molar-refractivity contribution in [1.29, 1.82) is 0 Å². The van der Waals surface area contributed by atoms with E-state index >= 15 is 0 Å². The largest absolute Gasteiger partial charge is 0.482 e. The van der Waals surface area contributed by atoms with E-state index in [1.54, 1.807) is 24.3 Å². The van der Waals surface area contributed by atoms with Crippen LogP contribution < -0.4 is 10.1 Å². The second-order valence-corrected chi connectivity index (χ2v) is 4.54. The van der Waals surface area contributed by atoms with Crippen LogP contribution in [0.15, 0.2) is 42.5 Å². The van der Waals surface area contributed by atoms with Gasteiger partial charge in [-0.25, -0.2) is 4.39 Å². The molecular formula is C16H11ClFNO2. The van der Waals surface area contributed by atoms with Crippen LogP contribution in [0.2, 0.25) is 5.02 Å². The molecule has 0 aliphatic heterocycles. The Morgan fingerprint density at radius 2 is 2.14 bits per heavy atom. The molecule has 0 saturated carbocycles. The van der Waals surface area contributed by atoms with Gasteiger partial charge < -0.3 is 10.1 Å². The molecule has 2 aromatic rings. The molecule has 2 aromatic carbocycles. The molecule has 0 fully saturated rings.